The Morgan fingerprint density at radius 1 is 1.19 bits per heavy atom. The van der Waals surface area contributed by atoms with Crippen LogP contribution < -0.4 is 5.32 Å². The second-order valence-corrected chi connectivity index (χ2v) is 6.45. The fourth-order valence-electron chi connectivity index (χ4n) is 2.72. The number of ether oxygens (including phenoxy) is 1. The van der Waals surface area contributed by atoms with E-state index in [4.69, 9.17) is 4.74 Å². The Morgan fingerprint density at radius 2 is 1.95 bits per heavy atom. The maximum atomic E-state index is 5.82. The second kappa shape index (κ2) is 9.19. The highest BCUT2D eigenvalue weighted by Gasteiger charge is 2.10. The van der Waals surface area contributed by atoms with E-state index in [1.807, 2.05) is 0 Å². The van der Waals surface area contributed by atoms with Crippen molar-refractivity contribution in [2.24, 2.45) is 5.92 Å². The molecule has 21 heavy (non-hydrogen) atoms. The third-order valence-corrected chi connectivity index (χ3v) is 3.89. The van der Waals surface area contributed by atoms with Crippen molar-refractivity contribution < 1.29 is 4.74 Å². The van der Waals surface area contributed by atoms with Crippen LogP contribution >= 0.6 is 0 Å². The van der Waals surface area contributed by atoms with Crippen molar-refractivity contribution in [2.75, 3.05) is 32.8 Å². The number of hydrogen-bond acceptors (Lipinski definition) is 3. The average molecular weight is 290 g/mol. The summed E-state index contributed by atoms with van der Waals surface area (Å²) in [6.45, 7) is 11.6. The summed E-state index contributed by atoms with van der Waals surface area (Å²) in [6.07, 6.45) is 2.71. The SMILES string of the molecule is CC(C)CNCc1cccc(COCCN2CCCC2)c1. The van der Waals surface area contributed by atoms with Crippen LogP contribution in [0.2, 0.25) is 0 Å². The minimum Gasteiger partial charge on any atom is -0.375 e. The van der Waals surface area contributed by atoms with Crippen molar-refractivity contribution in [3.63, 3.8) is 0 Å². The standard InChI is InChI=1S/C18H30N2O/c1-16(2)13-19-14-17-6-5-7-18(12-17)15-21-11-10-20-8-3-4-9-20/h5-7,12,16,19H,3-4,8-11,13-15H2,1-2H3. The molecule has 1 saturated heterocycles. The van der Waals surface area contributed by atoms with Gasteiger partial charge < -0.3 is 15.0 Å². The molecule has 3 nitrogen and oxygen atoms in total. The molecule has 0 atom stereocenters. The van der Waals surface area contributed by atoms with Crippen molar-refractivity contribution in [1.82, 2.24) is 10.2 Å². The highest BCUT2D eigenvalue weighted by molar-refractivity contribution is 5.22. The summed E-state index contributed by atoms with van der Waals surface area (Å²) in [4.78, 5) is 2.49. The molecular weight excluding hydrogens is 260 g/mol. The van der Waals surface area contributed by atoms with Gasteiger partial charge in [0.25, 0.3) is 0 Å². The molecule has 0 saturated carbocycles. The van der Waals surface area contributed by atoms with Gasteiger partial charge in [-0.2, -0.15) is 0 Å². The summed E-state index contributed by atoms with van der Waals surface area (Å²) in [7, 11) is 0. The molecule has 0 radical (unpaired) electrons. The Hall–Kier alpha value is -0.900. The summed E-state index contributed by atoms with van der Waals surface area (Å²) in [6, 6.07) is 8.72. The summed E-state index contributed by atoms with van der Waals surface area (Å²) in [5.74, 6) is 0.696. The number of rotatable bonds is 9. The fraction of sp³-hybridized carbons (Fsp3) is 0.667. The van der Waals surface area contributed by atoms with E-state index in [2.05, 4.69) is 48.3 Å². The maximum Gasteiger partial charge on any atom is 0.0717 e. The Morgan fingerprint density at radius 3 is 2.71 bits per heavy atom. The van der Waals surface area contributed by atoms with E-state index in [1.54, 1.807) is 0 Å². The smallest absolute Gasteiger partial charge is 0.0717 e. The fourth-order valence-corrected chi connectivity index (χ4v) is 2.72. The number of nitrogens with one attached hydrogen (secondary N) is 1. The van der Waals surface area contributed by atoms with Crippen LogP contribution in [0.1, 0.15) is 37.8 Å². The number of benzene rings is 1. The molecular formula is C18H30N2O. The van der Waals surface area contributed by atoms with Crippen LogP contribution in [-0.4, -0.2) is 37.7 Å². The van der Waals surface area contributed by atoms with E-state index in [1.165, 1.54) is 37.1 Å². The highest BCUT2D eigenvalue weighted by Crippen LogP contribution is 2.09. The third-order valence-electron chi connectivity index (χ3n) is 3.89. The van der Waals surface area contributed by atoms with Gasteiger partial charge in [-0.05, 0) is 49.5 Å². The largest absolute Gasteiger partial charge is 0.375 e. The molecule has 2 rings (SSSR count). The first-order valence-corrected chi connectivity index (χ1v) is 8.32. The van der Waals surface area contributed by atoms with Crippen LogP contribution in [0.4, 0.5) is 0 Å². The maximum absolute atomic E-state index is 5.82. The van der Waals surface area contributed by atoms with Crippen LogP contribution in [0.3, 0.4) is 0 Å². The van der Waals surface area contributed by atoms with Crippen LogP contribution in [-0.2, 0) is 17.9 Å². The molecule has 0 unspecified atom stereocenters. The quantitative estimate of drug-likeness (QED) is 0.708. The molecule has 0 amide bonds. The molecule has 118 valence electrons. The Balaban J connectivity index is 1.65. The lowest BCUT2D eigenvalue weighted by Crippen LogP contribution is -2.23. The zero-order chi connectivity index (χ0) is 14.9. The molecule has 0 bridgehead atoms. The minimum atomic E-state index is 0.696. The first-order chi connectivity index (χ1) is 10.2. The van der Waals surface area contributed by atoms with Gasteiger partial charge in [0.1, 0.15) is 0 Å². The van der Waals surface area contributed by atoms with Gasteiger partial charge in [-0.3, -0.25) is 0 Å². The van der Waals surface area contributed by atoms with Crippen molar-refractivity contribution >= 4 is 0 Å². The van der Waals surface area contributed by atoms with Crippen LogP contribution in [0, 0.1) is 5.92 Å². The minimum absolute atomic E-state index is 0.696. The molecule has 3 heteroatoms. The van der Waals surface area contributed by atoms with E-state index in [0.717, 1.165) is 32.8 Å². The van der Waals surface area contributed by atoms with Crippen molar-refractivity contribution in [3.05, 3.63) is 35.4 Å². The molecule has 0 aliphatic carbocycles. The molecule has 0 aromatic heterocycles. The number of likely N-dealkylation sites (tertiary alicyclic amines) is 1. The molecule has 1 N–H and O–H groups in total. The molecule has 0 spiro atoms. The Kier molecular flexibility index (Phi) is 7.20. The zero-order valence-corrected chi connectivity index (χ0v) is 13.6. The lowest BCUT2D eigenvalue weighted by atomic mass is 10.1. The summed E-state index contributed by atoms with van der Waals surface area (Å²) in [5.41, 5.74) is 2.62. The second-order valence-electron chi connectivity index (χ2n) is 6.45. The van der Waals surface area contributed by atoms with E-state index in [0.29, 0.717) is 5.92 Å². The third kappa shape index (κ3) is 6.60. The molecule has 1 aliphatic heterocycles. The van der Waals surface area contributed by atoms with Gasteiger partial charge in [0.2, 0.25) is 0 Å². The van der Waals surface area contributed by atoms with Crippen LogP contribution in [0.5, 0.6) is 0 Å². The number of hydrogen-bond donors (Lipinski definition) is 1. The van der Waals surface area contributed by atoms with E-state index < -0.39 is 0 Å². The average Bonchev–Trinajstić information content (AvgIpc) is 2.97. The van der Waals surface area contributed by atoms with Crippen molar-refractivity contribution in [1.29, 1.82) is 0 Å². The first kappa shape index (κ1) is 16.5. The number of nitrogens with zero attached hydrogens (tertiary/aromatic N) is 1. The van der Waals surface area contributed by atoms with Gasteiger partial charge >= 0.3 is 0 Å². The zero-order valence-electron chi connectivity index (χ0n) is 13.6. The Bertz CT molecular complexity index is 400. The molecule has 1 fully saturated rings. The summed E-state index contributed by atoms with van der Waals surface area (Å²) >= 11 is 0. The topological polar surface area (TPSA) is 24.5 Å². The van der Waals surface area contributed by atoms with Crippen molar-refractivity contribution in [2.45, 2.75) is 39.8 Å². The van der Waals surface area contributed by atoms with Crippen molar-refractivity contribution in [3.8, 4) is 0 Å². The first-order valence-electron chi connectivity index (χ1n) is 8.32. The van der Waals surface area contributed by atoms with E-state index >= 15 is 0 Å². The van der Waals surface area contributed by atoms with E-state index in [-0.39, 0.29) is 0 Å². The predicted octanol–water partition coefficient (Wildman–Crippen LogP) is 3.04. The van der Waals surface area contributed by atoms with Gasteiger partial charge in [0.05, 0.1) is 13.2 Å². The van der Waals surface area contributed by atoms with Crippen LogP contribution in [0.15, 0.2) is 24.3 Å². The predicted molar refractivity (Wildman–Crippen MR) is 88.3 cm³/mol. The van der Waals surface area contributed by atoms with Gasteiger partial charge in [-0.25, -0.2) is 0 Å². The van der Waals surface area contributed by atoms with Gasteiger partial charge in [-0.1, -0.05) is 38.1 Å². The molecule has 1 aliphatic rings. The molecule has 1 aromatic rings. The van der Waals surface area contributed by atoms with E-state index in [9.17, 15) is 0 Å². The lowest BCUT2D eigenvalue weighted by Gasteiger charge is -2.14. The lowest BCUT2D eigenvalue weighted by molar-refractivity contribution is 0.0992. The van der Waals surface area contributed by atoms with Crippen LogP contribution in [0.25, 0.3) is 0 Å². The Labute approximate surface area is 129 Å². The highest BCUT2D eigenvalue weighted by atomic mass is 16.5. The molecule has 1 aromatic carbocycles. The summed E-state index contributed by atoms with van der Waals surface area (Å²) in [5, 5.41) is 3.49. The summed E-state index contributed by atoms with van der Waals surface area (Å²) < 4.78 is 5.82. The molecule has 1 heterocycles. The normalized spacial score (nSPS) is 16.0. The van der Waals surface area contributed by atoms with Gasteiger partial charge in [0, 0.05) is 13.1 Å². The van der Waals surface area contributed by atoms with Gasteiger partial charge in [0.15, 0.2) is 0 Å². The van der Waals surface area contributed by atoms with Gasteiger partial charge in [-0.15, -0.1) is 0 Å². The monoisotopic (exact) mass is 290 g/mol.